The number of rotatable bonds is 6. The van der Waals surface area contributed by atoms with Crippen LogP contribution in [0, 0.1) is 0 Å². The zero-order chi connectivity index (χ0) is 16.2. The standard InChI is InChI=1S/C15H21N5O2S/c1-11(2)20-15(16-17-18-20)9-19-5-6-22-10-12(19)8-13(21)14-4-3-7-23-14/h3-4,7,11-12H,5-6,8-10H2,1-2H3/t12-/m1/s1. The first kappa shape index (κ1) is 16.2. The van der Waals surface area contributed by atoms with Crippen LogP contribution in [-0.2, 0) is 11.3 Å². The summed E-state index contributed by atoms with van der Waals surface area (Å²) in [5, 5.41) is 13.9. The van der Waals surface area contributed by atoms with Crippen LogP contribution >= 0.6 is 11.3 Å². The van der Waals surface area contributed by atoms with E-state index >= 15 is 0 Å². The number of ether oxygens (including phenoxy) is 1. The van der Waals surface area contributed by atoms with Crippen molar-refractivity contribution in [1.82, 2.24) is 25.1 Å². The van der Waals surface area contributed by atoms with Crippen molar-refractivity contribution in [3.63, 3.8) is 0 Å². The highest BCUT2D eigenvalue weighted by Gasteiger charge is 2.27. The van der Waals surface area contributed by atoms with Crippen LogP contribution in [0.15, 0.2) is 17.5 Å². The van der Waals surface area contributed by atoms with Crippen LogP contribution in [0.25, 0.3) is 0 Å². The third-order valence-corrected chi connectivity index (χ3v) is 4.87. The second kappa shape index (κ2) is 7.29. The summed E-state index contributed by atoms with van der Waals surface area (Å²) >= 11 is 1.49. The van der Waals surface area contributed by atoms with Gasteiger partial charge in [-0.25, -0.2) is 4.68 Å². The minimum Gasteiger partial charge on any atom is -0.378 e. The summed E-state index contributed by atoms with van der Waals surface area (Å²) in [6.45, 7) is 6.77. The number of aromatic nitrogens is 4. The first-order chi connectivity index (χ1) is 11.1. The van der Waals surface area contributed by atoms with Gasteiger partial charge < -0.3 is 4.74 Å². The van der Waals surface area contributed by atoms with Gasteiger partial charge in [0.1, 0.15) is 0 Å². The molecule has 23 heavy (non-hydrogen) atoms. The number of morpholine rings is 1. The maximum Gasteiger partial charge on any atom is 0.174 e. The minimum absolute atomic E-state index is 0.0654. The van der Waals surface area contributed by atoms with Gasteiger partial charge in [-0.05, 0) is 35.7 Å². The number of Topliss-reactive ketones (excluding diaryl/α,β-unsaturated/α-hetero) is 1. The molecule has 124 valence electrons. The summed E-state index contributed by atoms with van der Waals surface area (Å²) in [6, 6.07) is 4.06. The molecule has 0 aromatic carbocycles. The van der Waals surface area contributed by atoms with Crippen molar-refractivity contribution in [2.45, 2.75) is 38.9 Å². The van der Waals surface area contributed by atoms with Crippen LogP contribution in [0.3, 0.4) is 0 Å². The molecule has 0 aliphatic carbocycles. The number of carbonyl (C=O) groups is 1. The molecule has 0 saturated carbocycles. The van der Waals surface area contributed by atoms with Crippen LogP contribution in [0.1, 0.15) is 41.8 Å². The van der Waals surface area contributed by atoms with Gasteiger partial charge in [-0.3, -0.25) is 9.69 Å². The molecule has 0 unspecified atom stereocenters. The molecule has 3 heterocycles. The molecule has 0 amide bonds. The van der Waals surface area contributed by atoms with Gasteiger partial charge in [0.15, 0.2) is 11.6 Å². The predicted octanol–water partition coefficient (Wildman–Crippen LogP) is 1.79. The minimum atomic E-state index is 0.0654. The van der Waals surface area contributed by atoms with Gasteiger partial charge in [0.25, 0.3) is 0 Å². The fraction of sp³-hybridized carbons (Fsp3) is 0.600. The number of ketones is 1. The third kappa shape index (κ3) is 3.82. The Hall–Kier alpha value is -1.64. The lowest BCUT2D eigenvalue weighted by molar-refractivity contribution is -0.0143. The van der Waals surface area contributed by atoms with Crippen molar-refractivity contribution in [1.29, 1.82) is 0 Å². The number of carbonyl (C=O) groups excluding carboxylic acids is 1. The number of thiophene rings is 1. The van der Waals surface area contributed by atoms with Crippen molar-refractivity contribution < 1.29 is 9.53 Å². The Bertz CT molecular complexity index is 640. The van der Waals surface area contributed by atoms with E-state index in [0.717, 1.165) is 17.2 Å². The first-order valence-corrected chi connectivity index (χ1v) is 8.68. The van der Waals surface area contributed by atoms with Crippen LogP contribution in [0.2, 0.25) is 0 Å². The summed E-state index contributed by atoms with van der Waals surface area (Å²) in [5.41, 5.74) is 0. The fourth-order valence-electron chi connectivity index (χ4n) is 2.74. The van der Waals surface area contributed by atoms with Gasteiger partial charge in [-0.15, -0.1) is 16.4 Å². The highest BCUT2D eigenvalue weighted by Crippen LogP contribution is 2.19. The molecule has 1 saturated heterocycles. The molecule has 0 radical (unpaired) electrons. The fourth-order valence-corrected chi connectivity index (χ4v) is 3.41. The van der Waals surface area contributed by atoms with Gasteiger partial charge in [0.2, 0.25) is 0 Å². The predicted molar refractivity (Wildman–Crippen MR) is 86.5 cm³/mol. The van der Waals surface area contributed by atoms with Gasteiger partial charge in [-0.2, -0.15) is 0 Å². The lowest BCUT2D eigenvalue weighted by Crippen LogP contribution is -2.46. The van der Waals surface area contributed by atoms with E-state index in [1.54, 1.807) is 0 Å². The molecule has 1 aliphatic rings. The summed E-state index contributed by atoms with van der Waals surface area (Å²) < 4.78 is 7.41. The van der Waals surface area contributed by atoms with Crippen LogP contribution in [-0.4, -0.2) is 56.7 Å². The molecule has 8 heteroatoms. The molecular formula is C15H21N5O2S. The lowest BCUT2D eigenvalue weighted by atomic mass is 10.1. The molecule has 1 fully saturated rings. The van der Waals surface area contributed by atoms with Crippen molar-refractivity contribution in [2.75, 3.05) is 19.8 Å². The van der Waals surface area contributed by atoms with E-state index in [1.165, 1.54) is 11.3 Å². The Balaban J connectivity index is 1.69. The largest absolute Gasteiger partial charge is 0.378 e. The Morgan fingerprint density at radius 3 is 3.13 bits per heavy atom. The van der Waals surface area contributed by atoms with Crippen molar-refractivity contribution in [3.05, 3.63) is 28.2 Å². The van der Waals surface area contributed by atoms with Crippen LogP contribution in [0.5, 0.6) is 0 Å². The average molecular weight is 335 g/mol. The molecule has 1 aliphatic heterocycles. The molecule has 0 spiro atoms. The van der Waals surface area contributed by atoms with E-state index in [-0.39, 0.29) is 17.9 Å². The van der Waals surface area contributed by atoms with Gasteiger partial charge >= 0.3 is 0 Å². The van der Waals surface area contributed by atoms with Crippen molar-refractivity contribution >= 4 is 17.1 Å². The van der Waals surface area contributed by atoms with Gasteiger partial charge in [-0.1, -0.05) is 6.07 Å². The molecule has 7 nitrogen and oxygen atoms in total. The summed E-state index contributed by atoms with van der Waals surface area (Å²) in [5.74, 6) is 0.999. The Morgan fingerprint density at radius 1 is 1.52 bits per heavy atom. The SMILES string of the molecule is CC(C)n1nnnc1CN1CCOC[C@H]1CC(=O)c1cccs1. The molecule has 2 aromatic rings. The molecule has 0 bridgehead atoms. The zero-order valence-corrected chi connectivity index (χ0v) is 14.2. The molecular weight excluding hydrogens is 314 g/mol. The normalized spacial score (nSPS) is 19.3. The Morgan fingerprint density at radius 2 is 2.39 bits per heavy atom. The van der Waals surface area contributed by atoms with Crippen molar-refractivity contribution in [3.8, 4) is 0 Å². The molecule has 1 atom stereocenters. The van der Waals surface area contributed by atoms with Crippen LogP contribution < -0.4 is 0 Å². The van der Waals surface area contributed by atoms with E-state index in [9.17, 15) is 4.79 Å². The maximum atomic E-state index is 12.4. The quantitative estimate of drug-likeness (QED) is 0.749. The van der Waals surface area contributed by atoms with E-state index in [2.05, 4.69) is 34.3 Å². The van der Waals surface area contributed by atoms with E-state index in [0.29, 0.717) is 26.2 Å². The Labute approximate surface area is 139 Å². The van der Waals surface area contributed by atoms with Crippen molar-refractivity contribution in [2.24, 2.45) is 0 Å². The average Bonchev–Trinajstić information content (AvgIpc) is 3.20. The Kier molecular flexibility index (Phi) is 5.14. The number of hydrogen-bond acceptors (Lipinski definition) is 7. The smallest absolute Gasteiger partial charge is 0.174 e. The highest BCUT2D eigenvalue weighted by atomic mass is 32.1. The monoisotopic (exact) mass is 335 g/mol. The zero-order valence-electron chi connectivity index (χ0n) is 13.4. The van der Waals surface area contributed by atoms with E-state index < -0.39 is 0 Å². The second-order valence-corrected chi connectivity index (χ2v) is 6.88. The molecule has 0 N–H and O–H groups in total. The van der Waals surface area contributed by atoms with E-state index in [4.69, 9.17) is 4.74 Å². The first-order valence-electron chi connectivity index (χ1n) is 7.80. The lowest BCUT2D eigenvalue weighted by Gasteiger charge is -2.34. The van der Waals surface area contributed by atoms with Crippen LogP contribution in [0.4, 0.5) is 0 Å². The second-order valence-electron chi connectivity index (χ2n) is 5.94. The molecule has 2 aromatic heterocycles. The van der Waals surface area contributed by atoms with Gasteiger partial charge in [0, 0.05) is 19.0 Å². The van der Waals surface area contributed by atoms with Gasteiger partial charge in [0.05, 0.1) is 30.7 Å². The molecule has 3 rings (SSSR count). The topological polar surface area (TPSA) is 73.1 Å². The summed E-state index contributed by atoms with van der Waals surface area (Å²) in [7, 11) is 0. The summed E-state index contributed by atoms with van der Waals surface area (Å²) in [6.07, 6.45) is 0.462. The number of nitrogens with zero attached hydrogens (tertiary/aromatic N) is 5. The number of tetrazole rings is 1. The number of hydrogen-bond donors (Lipinski definition) is 0. The van der Waals surface area contributed by atoms with E-state index in [1.807, 2.05) is 22.2 Å². The summed E-state index contributed by atoms with van der Waals surface area (Å²) in [4.78, 5) is 15.4. The third-order valence-electron chi connectivity index (χ3n) is 3.96. The highest BCUT2D eigenvalue weighted by molar-refractivity contribution is 7.12. The maximum absolute atomic E-state index is 12.4.